The highest BCUT2D eigenvalue weighted by molar-refractivity contribution is 6.74. The van der Waals surface area contributed by atoms with E-state index in [0.717, 1.165) is 24.8 Å². The number of rotatable bonds is 11. The van der Waals surface area contributed by atoms with Crippen molar-refractivity contribution in [2.45, 2.75) is 129 Å². The number of carbonyl (C=O) groups excluding carboxylic acids is 2. The molecule has 1 amide bonds. The topological polar surface area (TPSA) is 65.1 Å². The summed E-state index contributed by atoms with van der Waals surface area (Å²) in [6.07, 6.45) is 3.01. The van der Waals surface area contributed by atoms with Crippen LogP contribution in [0.1, 0.15) is 79.7 Å². The lowest BCUT2D eigenvalue weighted by Gasteiger charge is -2.41. The SMILES string of the molecule is CC(C#CC(=O)N1CCC[C@H]1C(=O)OCc1ccccc1)CCC(CO[Si](C)(C)C(C)(C)C)O[Si](C)(C)C(C)(C)C. The van der Waals surface area contributed by atoms with Crippen molar-refractivity contribution in [1.82, 2.24) is 4.90 Å². The third kappa shape index (κ3) is 10.7. The number of benzene rings is 1. The number of hydrogen-bond donors (Lipinski definition) is 0. The van der Waals surface area contributed by atoms with Crippen LogP contribution in [0, 0.1) is 17.8 Å². The molecule has 1 heterocycles. The quantitative estimate of drug-likeness (QED) is 0.149. The summed E-state index contributed by atoms with van der Waals surface area (Å²) in [5, 5.41) is 0.240. The highest BCUT2D eigenvalue weighted by Crippen LogP contribution is 2.39. The van der Waals surface area contributed by atoms with Crippen LogP contribution in [-0.4, -0.2) is 58.7 Å². The minimum absolute atomic E-state index is 0.00712. The van der Waals surface area contributed by atoms with Crippen LogP contribution >= 0.6 is 0 Å². The average molecular weight is 602 g/mol. The molecular formula is C33H55NO5Si2. The van der Waals surface area contributed by atoms with Crippen LogP contribution in [0.3, 0.4) is 0 Å². The largest absolute Gasteiger partial charge is 0.459 e. The van der Waals surface area contributed by atoms with Crippen molar-refractivity contribution in [3.8, 4) is 11.8 Å². The van der Waals surface area contributed by atoms with E-state index in [2.05, 4.69) is 79.6 Å². The van der Waals surface area contributed by atoms with Gasteiger partial charge in [0.15, 0.2) is 16.6 Å². The number of likely N-dealkylation sites (tertiary alicyclic amines) is 1. The molecule has 3 atom stereocenters. The molecule has 2 unspecified atom stereocenters. The van der Waals surface area contributed by atoms with Gasteiger partial charge in [-0.1, -0.05) is 84.7 Å². The van der Waals surface area contributed by atoms with Gasteiger partial charge in [0.25, 0.3) is 5.91 Å². The van der Waals surface area contributed by atoms with E-state index in [1.165, 1.54) is 0 Å². The molecule has 0 bridgehead atoms. The molecule has 1 saturated heterocycles. The Labute approximate surface area is 252 Å². The summed E-state index contributed by atoms with van der Waals surface area (Å²) in [4.78, 5) is 27.3. The van der Waals surface area contributed by atoms with Gasteiger partial charge in [0.2, 0.25) is 0 Å². The first-order chi connectivity index (χ1) is 18.8. The lowest BCUT2D eigenvalue weighted by atomic mass is 10.0. The van der Waals surface area contributed by atoms with E-state index in [1.54, 1.807) is 4.90 Å². The molecule has 0 radical (unpaired) electrons. The number of carbonyl (C=O) groups is 2. The monoisotopic (exact) mass is 601 g/mol. The van der Waals surface area contributed by atoms with Gasteiger partial charge in [-0.25, -0.2) is 4.79 Å². The fourth-order valence-corrected chi connectivity index (χ4v) is 6.54. The standard InChI is InChI=1S/C33H55NO5Si2/c1-26(19-21-28(39-41(10,11)33(5,6)7)25-38-40(8,9)32(2,3)4)20-22-30(35)34-23-15-18-29(34)31(36)37-24-27-16-13-12-14-17-27/h12-14,16-17,26,28-29H,15,18-19,21,23-25H2,1-11H3/t26?,28?,29-/m0/s1. The summed E-state index contributed by atoms with van der Waals surface area (Å²) < 4.78 is 18.9. The molecule has 0 N–H and O–H groups in total. The molecule has 0 saturated carbocycles. The van der Waals surface area contributed by atoms with Crippen molar-refractivity contribution in [2.75, 3.05) is 13.2 Å². The lowest BCUT2D eigenvalue weighted by molar-refractivity contribution is -0.153. The fraction of sp³-hybridized carbons (Fsp3) is 0.697. The van der Waals surface area contributed by atoms with Crippen molar-refractivity contribution >= 4 is 28.5 Å². The highest BCUT2D eigenvalue weighted by Gasteiger charge is 2.41. The number of amides is 1. The Morgan fingerprint density at radius 3 is 2.17 bits per heavy atom. The highest BCUT2D eigenvalue weighted by atomic mass is 28.4. The zero-order chi connectivity index (χ0) is 31.1. The second kappa shape index (κ2) is 14.5. The summed E-state index contributed by atoms with van der Waals surface area (Å²) in [5.41, 5.74) is 0.927. The predicted octanol–water partition coefficient (Wildman–Crippen LogP) is 7.55. The fourth-order valence-electron chi connectivity index (χ4n) is 4.13. The van der Waals surface area contributed by atoms with E-state index >= 15 is 0 Å². The van der Waals surface area contributed by atoms with E-state index in [0.29, 0.717) is 19.6 Å². The Morgan fingerprint density at radius 1 is 0.976 bits per heavy atom. The molecule has 0 spiro atoms. The molecular weight excluding hydrogens is 547 g/mol. The molecule has 1 aliphatic rings. The second-order valence-electron chi connectivity index (χ2n) is 14.6. The number of ether oxygens (including phenoxy) is 1. The van der Waals surface area contributed by atoms with Crippen LogP contribution < -0.4 is 0 Å². The molecule has 2 rings (SSSR count). The lowest BCUT2D eigenvalue weighted by Crippen LogP contribution is -2.48. The van der Waals surface area contributed by atoms with E-state index in [4.69, 9.17) is 13.6 Å². The van der Waals surface area contributed by atoms with Gasteiger partial charge in [-0.3, -0.25) is 4.79 Å². The Balaban J connectivity index is 1.99. The zero-order valence-electron chi connectivity index (χ0n) is 27.6. The van der Waals surface area contributed by atoms with Gasteiger partial charge in [0, 0.05) is 12.5 Å². The molecule has 41 heavy (non-hydrogen) atoms. The van der Waals surface area contributed by atoms with Crippen LogP contribution in [0.5, 0.6) is 0 Å². The van der Waals surface area contributed by atoms with Gasteiger partial charge >= 0.3 is 5.97 Å². The minimum Gasteiger partial charge on any atom is -0.459 e. The predicted molar refractivity (Wildman–Crippen MR) is 172 cm³/mol. The van der Waals surface area contributed by atoms with Gasteiger partial charge in [-0.15, -0.1) is 0 Å². The Hall–Kier alpha value is -1.93. The van der Waals surface area contributed by atoms with Crippen LogP contribution in [0.25, 0.3) is 0 Å². The van der Waals surface area contributed by atoms with Crippen molar-refractivity contribution in [3.63, 3.8) is 0 Å². The number of hydrogen-bond acceptors (Lipinski definition) is 5. The molecule has 6 nitrogen and oxygen atoms in total. The zero-order valence-corrected chi connectivity index (χ0v) is 29.6. The second-order valence-corrected chi connectivity index (χ2v) is 24.1. The Morgan fingerprint density at radius 2 is 1.59 bits per heavy atom. The van der Waals surface area contributed by atoms with Crippen LogP contribution in [0.15, 0.2) is 30.3 Å². The summed E-state index contributed by atoms with van der Waals surface area (Å²) in [5.74, 6) is 5.34. The molecule has 1 aromatic carbocycles. The summed E-state index contributed by atoms with van der Waals surface area (Å²) in [6.45, 7) is 26.0. The first-order valence-corrected chi connectivity index (χ1v) is 21.0. The summed E-state index contributed by atoms with van der Waals surface area (Å²) >= 11 is 0. The average Bonchev–Trinajstić information content (AvgIpc) is 3.37. The first kappa shape index (κ1) is 35.3. The van der Waals surface area contributed by atoms with E-state index < -0.39 is 22.7 Å². The van der Waals surface area contributed by atoms with Crippen molar-refractivity contribution in [2.24, 2.45) is 5.92 Å². The Kier molecular flexibility index (Phi) is 12.5. The van der Waals surface area contributed by atoms with E-state index in [-0.39, 0.29) is 40.6 Å². The molecule has 1 aromatic rings. The van der Waals surface area contributed by atoms with Crippen molar-refractivity contribution < 1.29 is 23.2 Å². The van der Waals surface area contributed by atoms with Crippen LogP contribution in [0.4, 0.5) is 0 Å². The number of esters is 1. The van der Waals surface area contributed by atoms with Gasteiger partial charge in [-0.2, -0.15) is 0 Å². The molecule has 8 heteroatoms. The smallest absolute Gasteiger partial charge is 0.329 e. The van der Waals surface area contributed by atoms with Gasteiger partial charge in [0.1, 0.15) is 12.6 Å². The molecule has 0 aromatic heterocycles. The maximum atomic E-state index is 13.0. The Bertz CT molecular complexity index is 1060. The van der Waals surface area contributed by atoms with Crippen LogP contribution in [-0.2, 0) is 29.8 Å². The minimum atomic E-state index is -1.99. The maximum Gasteiger partial charge on any atom is 0.329 e. The van der Waals surface area contributed by atoms with Crippen molar-refractivity contribution in [3.05, 3.63) is 35.9 Å². The van der Waals surface area contributed by atoms with Crippen molar-refractivity contribution in [1.29, 1.82) is 0 Å². The van der Waals surface area contributed by atoms with Gasteiger partial charge in [-0.05, 0) is 73.4 Å². The molecule has 1 fully saturated rings. The van der Waals surface area contributed by atoms with Gasteiger partial charge in [0.05, 0.1) is 12.7 Å². The third-order valence-electron chi connectivity index (χ3n) is 9.06. The third-order valence-corrected chi connectivity index (χ3v) is 18.1. The summed E-state index contributed by atoms with van der Waals surface area (Å²) in [6, 6.07) is 9.01. The molecule has 0 aliphatic carbocycles. The van der Waals surface area contributed by atoms with Crippen LogP contribution in [0.2, 0.25) is 36.3 Å². The normalized spacial score (nSPS) is 17.9. The van der Waals surface area contributed by atoms with E-state index in [1.807, 2.05) is 37.3 Å². The maximum absolute atomic E-state index is 13.0. The molecule has 1 aliphatic heterocycles. The molecule has 230 valence electrons. The van der Waals surface area contributed by atoms with Gasteiger partial charge < -0.3 is 18.5 Å². The summed E-state index contributed by atoms with van der Waals surface area (Å²) in [7, 11) is -3.90. The van der Waals surface area contributed by atoms with E-state index in [9.17, 15) is 9.59 Å². The number of nitrogens with zero attached hydrogens (tertiary/aromatic N) is 1. The first-order valence-electron chi connectivity index (χ1n) is 15.2.